The van der Waals surface area contributed by atoms with Crippen molar-refractivity contribution in [1.82, 2.24) is 0 Å². The van der Waals surface area contributed by atoms with Crippen molar-refractivity contribution in [2.75, 3.05) is 6.61 Å². The molecule has 1 unspecified atom stereocenters. The topological polar surface area (TPSA) is 9.23 Å². The average Bonchev–Trinajstić information content (AvgIpc) is 2.45. The Hall–Kier alpha value is -0.0400. The lowest BCUT2D eigenvalue weighted by Crippen LogP contribution is -2.39. The Morgan fingerprint density at radius 3 is 1.84 bits per heavy atom. The van der Waals surface area contributed by atoms with Gasteiger partial charge in [0.2, 0.25) is 0 Å². The van der Waals surface area contributed by atoms with Crippen molar-refractivity contribution in [3.8, 4) is 0 Å². The van der Waals surface area contributed by atoms with Crippen molar-refractivity contribution in [2.24, 2.45) is 5.92 Å². The summed E-state index contributed by atoms with van der Waals surface area (Å²) in [5.41, 5.74) is 0.146. The van der Waals surface area contributed by atoms with E-state index < -0.39 is 0 Å². The van der Waals surface area contributed by atoms with Crippen LogP contribution in [-0.2, 0) is 4.74 Å². The molecule has 0 aromatic heterocycles. The Morgan fingerprint density at radius 1 is 0.789 bits per heavy atom. The molecule has 0 aromatic carbocycles. The van der Waals surface area contributed by atoms with Crippen molar-refractivity contribution < 1.29 is 4.74 Å². The van der Waals surface area contributed by atoms with Gasteiger partial charge in [0.05, 0.1) is 5.60 Å². The van der Waals surface area contributed by atoms with E-state index >= 15 is 0 Å². The molecule has 0 radical (unpaired) electrons. The van der Waals surface area contributed by atoms with Crippen molar-refractivity contribution in [1.29, 1.82) is 0 Å². The minimum atomic E-state index is 0.146. The Balaban J connectivity index is 4.14. The predicted octanol–water partition coefficient (Wildman–Crippen LogP) is 6.36. The lowest BCUT2D eigenvalue weighted by Gasteiger charge is -2.39. The molecule has 0 N–H and O–H groups in total. The van der Waals surface area contributed by atoms with Gasteiger partial charge in [-0.2, -0.15) is 0 Å². The second-order valence-electron chi connectivity index (χ2n) is 5.87. The zero-order valence-electron chi connectivity index (χ0n) is 14.3. The van der Waals surface area contributed by atoms with Crippen molar-refractivity contribution in [3.63, 3.8) is 0 Å². The lowest BCUT2D eigenvalue weighted by atomic mass is 9.78. The molecule has 116 valence electrons. The molecule has 1 heteroatoms. The normalized spacial score (nSPS) is 13.7. The third-order valence-electron chi connectivity index (χ3n) is 4.77. The highest BCUT2D eigenvalue weighted by atomic mass is 16.5. The van der Waals surface area contributed by atoms with Gasteiger partial charge in [-0.15, -0.1) is 0 Å². The summed E-state index contributed by atoms with van der Waals surface area (Å²) >= 11 is 0. The summed E-state index contributed by atoms with van der Waals surface area (Å²) in [5.74, 6) is 0.744. The molecular weight excluding hydrogens is 232 g/mol. The maximum absolute atomic E-state index is 6.18. The highest BCUT2D eigenvalue weighted by Crippen LogP contribution is 2.35. The van der Waals surface area contributed by atoms with Crippen LogP contribution in [0, 0.1) is 5.92 Å². The van der Waals surface area contributed by atoms with Crippen molar-refractivity contribution in [2.45, 2.75) is 104 Å². The smallest absolute Gasteiger partial charge is 0.0705 e. The molecule has 0 fully saturated rings. The number of ether oxygens (including phenoxy) is 1. The van der Waals surface area contributed by atoms with Gasteiger partial charge in [-0.05, 0) is 32.1 Å². The SMILES string of the molecule is CCCCCCCCC(CC)C(CC)(CC)OCC. The van der Waals surface area contributed by atoms with Crippen molar-refractivity contribution in [3.05, 3.63) is 0 Å². The van der Waals surface area contributed by atoms with E-state index in [4.69, 9.17) is 4.74 Å². The van der Waals surface area contributed by atoms with Gasteiger partial charge in [0.25, 0.3) is 0 Å². The fourth-order valence-corrected chi connectivity index (χ4v) is 3.45. The Labute approximate surface area is 122 Å². The van der Waals surface area contributed by atoms with E-state index in [2.05, 4.69) is 34.6 Å². The second-order valence-corrected chi connectivity index (χ2v) is 5.87. The summed E-state index contributed by atoms with van der Waals surface area (Å²) < 4.78 is 6.18. The molecule has 0 heterocycles. The van der Waals surface area contributed by atoms with Crippen LogP contribution in [0.1, 0.15) is 98.8 Å². The van der Waals surface area contributed by atoms with E-state index in [9.17, 15) is 0 Å². The first kappa shape index (κ1) is 19.0. The fraction of sp³-hybridized carbons (Fsp3) is 1.00. The van der Waals surface area contributed by atoms with Crippen LogP contribution in [0.15, 0.2) is 0 Å². The van der Waals surface area contributed by atoms with Gasteiger partial charge in [0.15, 0.2) is 0 Å². The molecule has 0 aliphatic heterocycles. The van der Waals surface area contributed by atoms with E-state index in [1.54, 1.807) is 0 Å². The van der Waals surface area contributed by atoms with E-state index in [-0.39, 0.29) is 5.60 Å². The zero-order valence-corrected chi connectivity index (χ0v) is 14.3. The molecule has 0 spiro atoms. The van der Waals surface area contributed by atoms with Crippen LogP contribution in [0.25, 0.3) is 0 Å². The first-order valence-electron chi connectivity index (χ1n) is 8.84. The minimum absolute atomic E-state index is 0.146. The van der Waals surface area contributed by atoms with E-state index in [1.807, 2.05) is 0 Å². The van der Waals surface area contributed by atoms with Gasteiger partial charge in [-0.1, -0.05) is 72.6 Å². The third-order valence-corrected chi connectivity index (χ3v) is 4.77. The Kier molecular flexibility index (Phi) is 11.7. The van der Waals surface area contributed by atoms with E-state index in [1.165, 1.54) is 51.4 Å². The molecular formula is C18H38O. The molecule has 0 rings (SSSR count). The van der Waals surface area contributed by atoms with Gasteiger partial charge in [-0.25, -0.2) is 0 Å². The third kappa shape index (κ3) is 6.79. The van der Waals surface area contributed by atoms with Crippen LogP contribution in [0.2, 0.25) is 0 Å². The summed E-state index contributed by atoms with van der Waals surface area (Å²) in [6.45, 7) is 12.2. The summed E-state index contributed by atoms with van der Waals surface area (Å²) in [4.78, 5) is 0. The van der Waals surface area contributed by atoms with Crippen LogP contribution in [0.3, 0.4) is 0 Å². The highest BCUT2D eigenvalue weighted by Gasteiger charge is 2.34. The van der Waals surface area contributed by atoms with Crippen LogP contribution in [-0.4, -0.2) is 12.2 Å². The summed E-state index contributed by atoms with van der Waals surface area (Å²) in [6, 6.07) is 0. The van der Waals surface area contributed by atoms with Crippen LogP contribution in [0.4, 0.5) is 0 Å². The molecule has 0 saturated carbocycles. The monoisotopic (exact) mass is 270 g/mol. The van der Waals surface area contributed by atoms with Crippen molar-refractivity contribution >= 4 is 0 Å². The molecule has 0 bridgehead atoms. The summed E-state index contributed by atoms with van der Waals surface area (Å²) in [5, 5.41) is 0. The Bertz CT molecular complexity index is 184. The van der Waals surface area contributed by atoms with E-state index in [0.29, 0.717) is 0 Å². The number of hydrogen-bond acceptors (Lipinski definition) is 1. The standard InChI is InChI=1S/C18H38O/c1-6-11-12-13-14-15-16-17(7-2)18(8-3,9-4)19-10-5/h17H,6-16H2,1-5H3. The fourth-order valence-electron chi connectivity index (χ4n) is 3.45. The van der Waals surface area contributed by atoms with Gasteiger partial charge in [-0.3, -0.25) is 0 Å². The maximum atomic E-state index is 6.18. The first-order valence-corrected chi connectivity index (χ1v) is 8.84. The molecule has 0 aliphatic carbocycles. The first-order chi connectivity index (χ1) is 9.20. The average molecular weight is 271 g/mol. The molecule has 0 aromatic rings. The minimum Gasteiger partial charge on any atom is -0.375 e. The number of rotatable bonds is 13. The van der Waals surface area contributed by atoms with Gasteiger partial charge in [0.1, 0.15) is 0 Å². The predicted molar refractivity (Wildman–Crippen MR) is 86.7 cm³/mol. The lowest BCUT2D eigenvalue weighted by molar-refractivity contribution is -0.0919. The quantitative estimate of drug-likeness (QED) is 0.354. The number of hydrogen-bond donors (Lipinski definition) is 0. The zero-order chi connectivity index (χ0) is 14.6. The molecule has 19 heavy (non-hydrogen) atoms. The molecule has 0 saturated heterocycles. The van der Waals surface area contributed by atoms with E-state index in [0.717, 1.165) is 25.4 Å². The molecule has 1 atom stereocenters. The van der Waals surface area contributed by atoms with Gasteiger partial charge >= 0.3 is 0 Å². The van der Waals surface area contributed by atoms with Gasteiger partial charge < -0.3 is 4.74 Å². The summed E-state index contributed by atoms with van der Waals surface area (Å²) in [7, 11) is 0. The summed E-state index contributed by atoms with van der Waals surface area (Å²) in [6.07, 6.45) is 13.3. The van der Waals surface area contributed by atoms with Crippen LogP contribution >= 0.6 is 0 Å². The second kappa shape index (κ2) is 11.8. The molecule has 1 nitrogen and oxygen atoms in total. The van der Waals surface area contributed by atoms with Crippen LogP contribution < -0.4 is 0 Å². The van der Waals surface area contributed by atoms with Crippen LogP contribution in [0.5, 0.6) is 0 Å². The maximum Gasteiger partial charge on any atom is 0.0705 e. The number of unbranched alkanes of at least 4 members (excludes halogenated alkanes) is 5. The van der Waals surface area contributed by atoms with Gasteiger partial charge in [0, 0.05) is 6.61 Å². The Morgan fingerprint density at radius 2 is 1.37 bits per heavy atom. The molecule has 0 aliphatic rings. The largest absolute Gasteiger partial charge is 0.375 e. The highest BCUT2D eigenvalue weighted by molar-refractivity contribution is 4.85. The molecule has 0 amide bonds.